The Bertz CT molecular complexity index is 943. The van der Waals surface area contributed by atoms with Crippen molar-refractivity contribution in [1.82, 2.24) is 0 Å². The summed E-state index contributed by atoms with van der Waals surface area (Å²) in [6.07, 6.45) is 10.2. The third-order valence-electron chi connectivity index (χ3n) is 6.52. The molecule has 2 aromatic rings. The van der Waals surface area contributed by atoms with Crippen molar-refractivity contribution in [3.8, 4) is 0 Å². The van der Waals surface area contributed by atoms with Gasteiger partial charge in [0.2, 0.25) is 0 Å². The van der Waals surface area contributed by atoms with E-state index >= 15 is 0 Å². The molecule has 0 spiro atoms. The summed E-state index contributed by atoms with van der Waals surface area (Å²) in [5.41, 5.74) is 1.13. The molecule has 0 fully saturated rings. The fourth-order valence-corrected chi connectivity index (χ4v) is 4.81. The van der Waals surface area contributed by atoms with E-state index in [1.54, 1.807) is 12.1 Å². The predicted molar refractivity (Wildman–Crippen MR) is 126 cm³/mol. The first-order valence-electron chi connectivity index (χ1n) is 11.3. The first kappa shape index (κ1) is 22.7. The van der Waals surface area contributed by atoms with Gasteiger partial charge < -0.3 is 5.11 Å². The van der Waals surface area contributed by atoms with Crippen LogP contribution in [0.15, 0.2) is 78.9 Å². The molecular weight excluding hydrogens is 384 g/mol. The molecule has 0 amide bonds. The van der Waals surface area contributed by atoms with Gasteiger partial charge in [0.15, 0.2) is 5.78 Å². The number of hydrogen-bond donors (Lipinski definition) is 1. The standard InChI is InChI=1S/C28H32O3/c1-3-5-8-17-24(4-2)28(27(30)31)20-23(21-13-9-6-10-14-21)18-19-25(28)26(29)22-15-11-7-12-16-22/h6-7,9-16,18-20,24-25H,3-5,8,17H2,1-2H3,(H,30,31). The van der Waals surface area contributed by atoms with Gasteiger partial charge in [-0.15, -0.1) is 0 Å². The molecule has 0 bridgehead atoms. The highest BCUT2D eigenvalue weighted by Crippen LogP contribution is 2.49. The summed E-state index contributed by atoms with van der Waals surface area (Å²) in [5, 5.41) is 10.6. The number of aliphatic carboxylic acids is 1. The highest BCUT2D eigenvalue weighted by atomic mass is 16.4. The Kier molecular flexibility index (Phi) is 7.62. The van der Waals surface area contributed by atoms with E-state index in [1.807, 2.05) is 73.7 Å². The van der Waals surface area contributed by atoms with Crippen molar-refractivity contribution in [3.63, 3.8) is 0 Å². The molecule has 3 atom stereocenters. The van der Waals surface area contributed by atoms with Crippen molar-refractivity contribution in [2.75, 3.05) is 0 Å². The minimum Gasteiger partial charge on any atom is -0.481 e. The molecule has 1 N–H and O–H groups in total. The van der Waals surface area contributed by atoms with Crippen LogP contribution in [0.3, 0.4) is 0 Å². The van der Waals surface area contributed by atoms with Crippen LogP contribution in [-0.4, -0.2) is 16.9 Å². The third kappa shape index (κ3) is 4.71. The minimum atomic E-state index is -1.27. The number of rotatable bonds is 10. The number of ketones is 1. The second-order valence-corrected chi connectivity index (χ2v) is 8.37. The molecule has 3 unspecified atom stereocenters. The molecule has 3 rings (SSSR count). The fraction of sp³-hybridized carbons (Fsp3) is 0.357. The summed E-state index contributed by atoms with van der Waals surface area (Å²) in [6.45, 7) is 4.19. The Morgan fingerprint density at radius 3 is 2.19 bits per heavy atom. The zero-order chi connectivity index (χ0) is 22.3. The maximum atomic E-state index is 13.6. The second kappa shape index (κ2) is 10.4. The molecule has 2 aromatic carbocycles. The van der Waals surface area contributed by atoms with Crippen molar-refractivity contribution >= 4 is 17.3 Å². The molecular formula is C28H32O3. The number of unbranched alkanes of at least 4 members (excludes halogenated alkanes) is 2. The van der Waals surface area contributed by atoms with E-state index in [0.717, 1.165) is 36.8 Å². The average Bonchev–Trinajstić information content (AvgIpc) is 2.82. The maximum absolute atomic E-state index is 13.6. The van der Waals surface area contributed by atoms with Gasteiger partial charge in [0.25, 0.3) is 0 Å². The molecule has 0 heterocycles. The maximum Gasteiger partial charge on any atom is 0.314 e. The highest BCUT2D eigenvalue weighted by Gasteiger charge is 2.52. The molecule has 162 valence electrons. The van der Waals surface area contributed by atoms with E-state index in [-0.39, 0.29) is 11.7 Å². The average molecular weight is 417 g/mol. The van der Waals surface area contributed by atoms with Gasteiger partial charge in [-0.2, -0.15) is 0 Å². The van der Waals surface area contributed by atoms with Gasteiger partial charge in [-0.1, -0.05) is 118 Å². The van der Waals surface area contributed by atoms with Crippen LogP contribution in [0.5, 0.6) is 0 Å². The summed E-state index contributed by atoms with van der Waals surface area (Å²) in [4.78, 5) is 26.6. The molecule has 0 aromatic heterocycles. The van der Waals surface area contributed by atoms with Crippen molar-refractivity contribution in [1.29, 1.82) is 0 Å². The van der Waals surface area contributed by atoms with E-state index < -0.39 is 17.3 Å². The van der Waals surface area contributed by atoms with Gasteiger partial charge in [-0.05, 0) is 23.5 Å². The summed E-state index contributed by atoms with van der Waals surface area (Å²) < 4.78 is 0. The molecule has 1 aliphatic carbocycles. The number of Topliss-reactive ketones (excluding diaryl/α,β-unsaturated/α-hetero) is 1. The lowest BCUT2D eigenvalue weighted by Gasteiger charge is -2.41. The van der Waals surface area contributed by atoms with Crippen molar-refractivity contribution in [2.45, 2.75) is 46.0 Å². The zero-order valence-electron chi connectivity index (χ0n) is 18.5. The number of carboxylic acid groups (broad SMARTS) is 1. The Balaban J connectivity index is 2.13. The highest BCUT2D eigenvalue weighted by molar-refractivity contribution is 6.04. The van der Waals surface area contributed by atoms with E-state index in [9.17, 15) is 14.7 Å². The van der Waals surface area contributed by atoms with Crippen molar-refractivity contribution in [2.24, 2.45) is 17.3 Å². The van der Waals surface area contributed by atoms with Crippen LogP contribution in [0.4, 0.5) is 0 Å². The van der Waals surface area contributed by atoms with Gasteiger partial charge in [-0.25, -0.2) is 0 Å². The molecule has 3 heteroatoms. The van der Waals surface area contributed by atoms with Gasteiger partial charge in [0.05, 0.1) is 5.92 Å². The molecule has 1 aliphatic rings. The van der Waals surface area contributed by atoms with Gasteiger partial charge in [0.1, 0.15) is 5.41 Å². The first-order valence-corrected chi connectivity index (χ1v) is 11.3. The zero-order valence-corrected chi connectivity index (χ0v) is 18.5. The molecule has 0 saturated carbocycles. The predicted octanol–water partition coefficient (Wildman–Crippen LogP) is 6.82. The molecule has 0 aliphatic heterocycles. The Hall–Kier alpha value is -2.94. The van der Waals surface area contributed by atoms with Crippen LogP contribution >= 0.6 is 0 Å². The van der Waals surface area contributed by atoms with Gasteiger partial charge in [0, 0.05) is 5.56 Å². The fourth-order valence-electron chi connectivity index (χ4n) is 4.81. The van der Waals surface area contributed by atoms with Crippen LogP contribution in [-0.2, 0) is 4.79 Å². The van der Waals surface area contributed by atoms with E-state index in [0.29, 0.717) is 12.0 Å². The SMILES string of the molecule is CCCCCC(CC)C1(C(=O)O)C=C(c2ccccc2)C=CC1C(=O)c1ccccc1. The number of allylic oxidation sites excluding steroid dienone is 3. The quantitative estimate of drug-likeness (QED) is 0.342. The van der Waals surface area contributed by atoms with Crippen LogP contribution < -0.4 is 0 Å². The summed E-state index contributed by atoms with van der Waals surface area (Å²) >= 11 is 0. The van der Waals surface area contributed by atoms with E-state index in [1.165, 1.54) is 0 Å². The van der Waals surface area contributed by atoms with Crippen LogP contribution in [0, 0.1) is 17.3 Å². The smallest absolute Gasteiger partial charge is 0.314 e. The number of carbonyl (C=O) groups is 2. The summed E-state index contributed by atoms with van der Waals surface area (Å²) in [5.74, 6) is -1.90. The first-order chi connectivity index (χ1) is 15.0. The Morgan fingerprint density at radius 1 is 0.968 bits per heavy atom. The summed E-state index contributed by atoms with van der Waals surface area (Å²) in [6, 6.07) is 18.9. The molecule has 3 nitrogen and oxygen atoms in total. The van der Waals surface area contributed by atoms with E-state index in [2.05, 4.69) is 6.92 Å². The number of carbonyl (C=O) groups excluding carboxylic acids is 1. The lowest BCUT2D eigenvalue weighted by Crippen LogP contribution is -2.47. The minimum absolute atomic E-state index is 0.127. The van der Waals surface area contributed by atoms with Crippen LogP contribution in [0.2, 0.25) is 0 Å². The number of hydrogen-bond acceptors (Lipinski definition) is 2. The molecule has 31 heavy (non-hydrogen) atoms. The normalized spacial score (nSPS) is 21.4. The lowest BCUT2D eigenvalue weighted by atomic mass is 9.59. The van der Waals surface area contributed by atoms with Gasteiger partial charge in [-0.3, -0.25) is 9.59 Å². The second-order valence-electron chi connectivity index (χ2n) is 8.37. The lowest BCUT2D eigenvalue weighted by molar-refractivity contribution is -0.151. The third-order valence-corrected chi connectivity index (χ3v) is 6.52. The summed E-state index contributed by atoms with van der Waals surface area (Å²) in [7, 11) is 0. The number of carboxylic acids is 1. The largest absolute Gasteiger partial charge is 0.481 e. The van der Waals surface area contributed by atoms with Crippen molar-refractivity contribution < 1.29 is 14.7 Å². The van der Waals surface area contributed by atoms with E-state index in [4.69, 9.17) is 0 Å². The van der Waals surface area contributed by atoms with Crippen LogP contribution in [0.1, 0.15) is 61.9 Å². The Labute approximate surface area is 185 Å². The molecule has 0 radical (unpaired) electrons. The van der Waals surface area contributed by atoms with Crippen LogP contribution in [0.25, 0.3) is 5.57 Å². The van der Waals surface area contributed by atoms with Crippen molar-refractivity contribution in [3.05, 3.63) is 90.0 Å². The molecule has 0 saturated heterocycles. The number of benzene rings is 2. The van der Waals surface area contributed by atoms with Gasteiger partial charge >= 0.3 is 5.97 Å². The topological polar surface area (TPSA) is 54.4 Å². The monoisotopic (exact) mass is 416 g/mol. The Morgan fingerprint density at radius 2 is 1.61 bits per heavy atom.